The molecule has 0 saturated heterocycles. The van der Waals surface area contributed by atoms with Crippen molar-refractivity contribution >= 4 is 23.6 Å². The lowest BCUT2D eigenvalue weighted by Gasteiger charge is -2.12. The van der Waals surface area contributed by atoms with Crippen LogP contribution in [0.3, 0.4) is 0 Å². The third-order valence-electron chi connectivity index (χ3n) is 3.39. The summed E-state index contributed by atoms with van der Waals surface area (Å²) in [7, 11) is 0. The second kappa shape index (κ2) is 9.36. The number of amides is 1. The molecule has 2 aromatic rings. The number of ether oxygens (including phenoxy) is 2. The standard InChI is InChI=1S/C20H20FNO4/c1-3-25-18-7-5-4-6-15(18)8-13-19(23)26-14(2)20(24)22-17-11-9-16(21)10-12-17/h4-14H,3H2,1-2H3,(H,22,24)/b13-8+/t14-/m0/s1. The van der Waals surface area contributed by atoms with Gasteiger partial charge in [0.2, 0.25) is 0 Å². The lowest BCUT2D eigenvalue weighted by molar-refractivity contribution is -0.148. The van der Waals surface area contributed by atoms with Gasteiger partial charge in [0.15, 0.2) is 6.10 Å². The van der Waals surface area contributed by atoms with Crippen LogP contribution in [-0.4, -0.2) is 24.6 Å². The van der Waals surface area contributed by atoms with Crippen molar-refractivity contribution < 1.29 is 23.5 Å². The van der Waals surface area contributed by atoms with E-state index >= 15 is 0 Å². The molecule has 1 amide bonds. The second-order valence-electron chi connectivity index (χ2n) is 5.38. The first-order valence-electron chi connectivity index (χ1n) is 8.16. The average Bonchev–Trinajstić information content (AvgIpc) is 2.63. The van der Waals surface area contributed by atoms with Crippen molar-refractivity contribution in [3.63, 3.8) is 0 Å². The molecule has 0 radical (unpaired) electrons. The fourth-order valence-electron chi connectivity index (χ4n) is 2.11. The van der Waals surface area contributed by atoms with Crippen LogP contribution in [0.25, 0.3) is 6.08 Å². The second-order valence-corrected chi connectivity index (χ2v) is 5.38. The Morgan fingerprint density at radius 2 is 1.85 bits per heavy atom. The molecule has 0 aliphatic heterocycles. The molecule has 6 heteroatoms. The zero-order valence-electron chi connectivity index (χ0n) is 14.6. The van der Waals surface area contributed by atoms with E-state index in [4.69, 9.17) is 9.47 Å². The SMILES string of the molecule is CCOc1ccccc1/C=C/C(=O)O[C@@H](C)C(=O)Nc1ccc(F)cc1. The summed E-state index contributed by atoms with van der Waals surface area (Å²) >= 11 is 0. The summed E-state index contributed by atoms with van der Waals surface area (Å²) in [5.74, 6) is -0.910. The summed E-state index contributed by atoms with van der Waals surface area (Å²) in [5.41, 5.74) is 1.15. The molecular formula is C20H20FNO4. The van der Waals surface area contributed by atoms with Gasteiger partial charge in [0.25, 0.3) is 5.91 Å². The minimum Gasteiger partial charge on any atom is -0.493 e. The Hall–Kier alpha value is -3.15. The number of para-hydroxylation sites is 1. The van der Waals surface area contributed by atoms with Crippen molar-refractivity contribution in [3.8, 4) is 5.75 Å². The minimum atomic E-state index is -1.00. The monoisotopic (exact) mass is 357 g/mol. The lowest BCUT2D eigenvalue weighted by atomic mass is 10.2. The van der Waals surface area contributed by atoms with Gasteiger partial charge in [0.1, 0.15) is 11.6 Å². The van der Waals surface area contributed by atoms with Crippen LogP contribution in [-0.2, 0) is 14.3 Å². The van der Waals surface area contributed by atoms with E-state index in [2.05, 4.69) is 5.32 Å². The molecule has 0 bridgehead atoms. The molecule has 0 fully saturated rings. The quantitative estimate of drug-likeness (QED) is 0.605. The first-order valence-corrected chi connectivity index (χ1v) is 8.16. The summed E-state index contributed by atoms with van der Waals surface area (Å²) in [4.78, 5) is 23.9. The summed E-state index contributed by atoms with van der Waals surface area (Å²) < 4.78 is 23.4. The smallest absolute Gasteiger partial charge is 0.331 e. The zero-order valence-corrected chi connectivity index (χ0v) is 14.6. The lowest BCUT2D eigenvalue weighted by Crippen LogP contribution is -2.29. The molecule has 1 N–H and O–H groups in total. The fourth-order valence-corrected chi connectivity index (χ4v) is 2.11. The molecule has 0 heterocycles. The number of anilines is 1. The molecule has 26 heavy (non-hydrogen) atoms. The normalized spacial score (nSPS) is 11.8. The van der Waals surface area contributed by atoms with E-state index in [1.165, 1.54) is 37.3 Å². The third kappa shape index (κ3) is 5.73. The Morgan fingerprint density at radius 3 is 2.54 bits per heavy atom. The number of benzene rings is 2. The molecule has 0 aliphatic rings. The molecule has 0 unspecified atom stereocenters. The van der Waals surface area contributed by atoms with Gasteiger partial charge in [-0.3, -0.25) is 4.79 Å². The molecule has 1 atom stereocenters. The van der Waals surface area contributed by atoms with Crippen molar-refractivity contribution in [1.82, 2.24) is 0 Å². The van der Waals surface area contributed by atoms with E-state index in [0.717, 1.165) is 5.56 Å². The maximum Gasteiger partial charge on any atom is 0.331 e. The predicted molar refractivity (Wildman–Crippen MR) is 97.2 cm³/mol. The van der Waals surface area contributed by atoms with E-state index in [0.29, 0.717) is 18.0 Å². The molecule has 2 aromatic carbocycles. The Labute approximate surface area is 151 Å². The van der Waals surface area contributed by atoms with Gasteiger partial charge in [-0.15, -0.1) is 0 Å². The molecule has 0 aliphatic carbocycles. The van der Waals surface area contributed by atoms with Crippen molar-refractivity contribution in [3.05, 3.63) is 66.0 Å². The Bertz CT molecular complexity index is 787. The van der Waals surface area contributed by atoms with Crippen LogP contribution in [0.15, 0.2) is 54.6 Å². The van der Waals surface area contributed by atoms with E-state index < -0.39 is 23.8 Å². The highest BCUT2D eigenvalue weighted by molar-refractivity contribution is 5.96. The fraction of sp³-hybridized carbons (Fsp3) is 0.200. The highest BCUT2D eigenvalue weighted by Gasteiger charge is 2.16. The van der Waals surface area contributed by atoms with E-state index in [9.17, 15) is 14.0 Å². The molecule has 2 rings (SSSR count). The summed E-state index contributed by atoms with van der Waals surface area (Å²) in [6.07, 6.45) is 1.80. The Kier molecular flexibility index (Phi) is 6.91. The first-order chi connectivity index (χ1) is 12.5. The number of hydrogen-bond donors (Lipinski definition) is 1. The Morgan fingerprint density at radius 1 is 1.15 bits per heavy atom. The zero-order chi connectivity index (χ0) is 18.9. The molecule has 5 nitrogen and oxygen atoms in total. The summed E-state index contributed by atoms with van der Waals surface area (Å²) in [6.45, 7) is 3.84. The van der Waals surface area contributed by atoms with Gasteiger partial charge in [-0.1, -0.05) is 18.2 Å². The van der Waals surface area contributed by atoms with Gasteiger partial charge in [0.05, 0.1) is 6.61 Å². The van der Waals surface area contributed by atoms with Crippen molar-refractivity contribution in [2.75, 3.05) is 11.9 Å². The van der Waals surface area contributed by atoms with Crippen LogP contribution in [0, 0.1) is 5.82 Å². The molecular weight excluding hydrogens is 337 g/mol. The summed E-state index contributed by atoms with van der Waals surface area (Å²) in [6, 6.07) is 12.6. The van der Waals surface area contributed by atoms with Crippen LogP contribution >= 0.6 is 0 Å². The van der Waals surface area contributed by atoms with Gasteiger partial charge in [-0.25, -0.2) is 9.18 Å². The number of hydrogen-bond acceptors (Lipinski definition) is 4. The van der Waals surface area contributed by atoms with Crippen LogP contribution in [0.1, 0.15) is 19.4 Å². The van der Waals surface area contributed by atoms with E-state index in [1.807, 2.05) is 19.1 Å². The van der Waals surface area contributed by atoms with Crippen LogP contribution in [0.5, 0.6) is 5.75 Å². The van der Waals surface area contributed by atoms with Crippen molar-refractivity contribution in [2.45, 2.75) is 20.0 Å². The highest BCUT2D eigenvalue weighted by atomic mass is 19.1. The number of esters is 1. The van der Waals surface area contributed by atoms with Gasteiger partial charge < -0.3 is 14.8 Å². The number of halogens is 1. The van der Waals surface area contributed by atoms with Gasteiger partial charge in [0, 0.05) is 17.3 Å². The topological polar surface area (TPSA) is 64.6 Å². The maximum atomic E-state index is 12.9. The van der Waals surface area contributed by atoms with Crippen molar-refractivity contribution in [2.24, 2.45) is 0 Å². The Balaban J connectivity index is 1.92. The number of carbonyl (C=O) groups excluding carboxylic acids is 2. The minimum absolute atomic E-state index is 0.403. The number of carbonyl (C=O) groups is 2. The highest BCUT2D eigenvalue weighted by Crippen LogP contribution is 2.19. The number of rotatable bonds is 7. The molecule has 0 spiro atoms. The van der Waals surface area contributed by atoms with Crippen LogP contribution < -0.4 is 10.1 Å². The van der Waals surface area contributed by atoms with Crippen molar-refractivity contribution in [1.29, 1.82) is 0 Å². The molecule has 136 valence electrons. The maximum absolute atomic E-state index is 12.9. The van der Waals surface area contributed by atoms with Crippen LogP contribution in [0.4, 0.5) is 10.1 Å². The van der Waals surface area contributed by atoms with Crippen LogP contribution in [0.2, 0.25) is 0 Å². The number of nitrogens with one attached hydrogen (secondary N) is 1. The molecule has 0 aromatic heterocycles. The van der Waals surface area contributed by atoms with E-state index in [1.54, 1.807) is 18.2 Å². The van der Waals surface area contributed by atoms with Gasteiger partial charge >= 0.3 is 5.97 Å². The summed E-state index contributed by atoms with van der Waals surface area (Å²) in [5, 5.41) is 2.55. The van der Waals surface area contributed by atoms with Gasteiger partial charge in [-0.05, 0) is 50.3 Å². The predicted octanol–water partition coefficient (Wildman–Crippen LogP) is 3.81. The average molecular weight is 357 g/mol. The van der Waals surface area contributed by atoms with E-state index in [-0.39, 0.29) is 0 Å². The first kappa shape index (κ1) is 19.2. The third-order valence-corrected chi connectivity index (χ3v) is 3.39. The van der Waals surface area contributed by atoms with Gasteiger partial charge in [-0.2, -0.15) is 0 Å². The largest absolute Gasteiger partial charge is 0.493 e. The molecule has 0 saturated carbocycles.